The molecule has 2 aliphatic heterocycles. The van der Waals surface area contributed by atoms with Gasteiger partial charge in [-0.15, -0.1) is 0 Å². The van der Waals surface area contributed by atoms with Crippen LogP contribution in [-0.2, 0) is 13.1 Å². The molecule has 1 amide bonds. The van der Waals surface area contributed by atoms with E-state index in [1.54, 1.807) is 10.6 Å². The minimum absolute atomic E-state index is 0.175. The van der Waals surface area contributed by atoms with E-state index in [1.165, 1.54) is 6.26 Å². The van der Waals surface area contributed by atoms with Crippen molar-refractivity contribution in [3.63, 3.8) is 0 Å². The minimum Gasteiger partial charge on any atom is -0.444 e. The topological polar surface area (TPSA) is 89.2 Å². The Labute approximate surface area is 167 Å². The molecule has 7 heteroatoms. The van der Waals surface area contributed by atoms with Gasteiger partial charge in [0.15, 0.2) is 0 Å². The highest BCUT2D eigenvalue weighted by atomic mass is 16.3. The van der Waals surface area contributed by atoms with Crippen molar-refractivity contribution in [2.45, 2.75) is 25.4 Å². The molecule has 0 spiro atoms. The number of amides is 1. The van der Waals surface area contributed by atoms with Crippen molar-refractivity contribution in [2.75, 3.05) is 13.1 Å². The van der Waals surface area contributed by atoms with Gasteiger partial charge in [-0.1, -0.05) is 18.2 Å². The van der Waals surface area contributed by atoms with Gasteiger partial charge in [0, 0.05) is 30.3 Å². The van der Waals surface area contributed by atoms with E-state index < -0.39 is 0 Å². The maximum atomic E-state index is 12.9. The predicted molar refractivity (Wildman–Crippen MR) is 108 cm³/mol. The molecule has 0 aliphatic carbocycles. The largest absolute Gasteiger partial charge is 0.444 e. The Morgan fingerprint density at radius 1 is 1.21 bits per heavy atom. The van der Waals surface area contributed by atoms with Crippen molar-refractivity contribution < 1.29 is 9.21 Å². The zero-order valence-electron chi connectivity index (χ0n) is 15.9. The molecule has 5 rings (SSSR count). The number of hydrogen-bond acceptors (Lipinski definition) is 5. The summed E-state index contributed by atoms with van der Waals surface area (Å²) in [5.74, 6) is 0.912. The number of oxazole rings is 1. The monoisotopic (exact) mass is 390 g/mol. The Morgan fingerprint density at radius 3 is 2.93 bits per heavy atom. The number of carbonyl (C=O) groups excluding carboxylic acids is 1. The van der Waals surface area contributed by atoms with Crippen molar-refractivity contribution in [1.82, 2.24) is 20.2 Å². The van der Waals surface area contributed by atoms with Crippen LogP contribution in [0, 0.1) is 5.92 Å². The number of rotatable bonds is 4. The standard InChI is InChI=1S/C22H22N4O3/c27-20(24-11-17-13-29-21(25-17)15-4-2-1-3-5-15)18-6-7-19-16-8-14(9-23-10-16)12-26(19)22(18)28/h1-7,13-14,16,23H,8-12H2,(H,24,27)/t14-,16+/m0/s1. The summed E-state index contributed by atoms with van der Waals surface area (Å²) in [4.78, 5) is 30.0. The number of aromatic nitrogens is 2. The average molecular weight is 390 g/mol. The number of benzene rings is 1. The third kappa shape index (κ3) is 3.38. The molecular formula is C22H22N4O3. The van der Waals surface area contributed by atoms with Gasteiger partial charge in [-0.05, 0) is 43.1 Å². The summed E-state index contributed by atoms with van der Waals surface area (Å²) in [7, 11) is 0. The summed E-state index contributed by atoms with van der Waals surface area (Å²) in [5.41, 5.74) is 2.48. The molecule has 2 atom stereocenters. The fourth-order valence-electron chi connectivity index (χ4n) is 4.33. The summed E-state index contributed by atoms with van der Waals surface area (Å²) in [6, 6.07) is 13.1. The van der Waals surface area contributed by atoms with Gasteiger partial charge in [-0.25, -0.2) is 4.98 Å². The summed E-state index contributed by atoms with van der Waals surface area (Å²) >= 11 is 0. The highest BCUT2D eigenvalue weighted by molar-refractivity contribution is 5.93. The molecular weight excluding hydrogens is 368 g/mol. The molecule has 1 fully saturated rings. The SMILES string of the molecule is O=C(NCc1coc(-c2ccccc2)n1)c1ccc2n(c1=O)C[C@@H]1CNC[C@H]2C1. The van der Waals surface area contributed by atoms with Gasteiger partial charge in [-0.3, -0.25) is 9.59 Å². The summed E-state index contributed by atoms with van der Waals surface area (Å²) < 4.78 is 7.28. The first-order valence-corrected chi connectivity index (χ1v) is 9.91. The first-order chi connectivity index (χ1) is 14.2. The van der Waals surface area contributed by atoms with Crippen molar-refractivity contribution in [3.8, 4) is 11.5 Å². The van der Waals surface area contributed by atoms with Crippen LogP contribution in [0.2, 0.25) is 0 Å². The molecule has 3 aromatic rings. The van der Waals surface area contributed by atoms with Gasteiger partial charge in [0.1, 0.15) is 11.8 Å². The molecule has 29 heavy (non-hydrogen) atoms. The van der Waals surface area contributed by atoms with Crippen LogP contribution in [0.25, 0.3) is 11.5 Å². The Bertz CT molecular complexity index is 1100. The summed E-state index contributed by atoms with van der Waals surface area (Å²) in [5, 5.41) is 6.22. The lowest BCUT2D eigenvalue weighted by Gasteiger charge is -2.37. The zero-order valence-corrected chi connectivity index (χ0v) is 15.9. The number of nitrogens with zero attached hydrogens (tertiary/aromatic N) is 2. The van der Waals surface area contributed by atoms with Gasteiger partial charge < -0.3 is 19.6 Å². The van der Waals surface area contributed by atoms with Crippen molar-refractivity contribution >= 4 is 5.91 Å². The Hall–Kier alpha value is -3.19. The lowest BCUT2D eigenvalue weighted by molar-refractivity contribution is 0.0947. The highest BCUT2D eigenvalue weighted by Gasteiger charge is 2.31. The Balaban J connectivity index is 1.31. The van der Waals surface area contributed by atoms with E-state index in [0.717, 1.165) is 30.8 Å². The number of hydrogen-bond donors (Lipinski definition) is 2. The average Bonchev–Trinajstić information content (AvgIpc) is 3.23. The van der Waals surface area contributed by atoms with E-state index in [1.807, 2.05) is 36.4 Å². The van der Waals surface area contributed by atoms with Gasteiger partial charge >= 0.3 is 0 Å². The molecule has 1 saturated heterocycles. The van der Waals surface area contributed by atoms with Crippen LogP contribution in [0.3, 0.4) is 0 Å². The lowest BCUT2D eigenvalue weighted by Crippen LogP contribution is -2.46. The van der Waals surface area contributed by atoms with E-state index in [9.17, 15) is 9.59 Å². The molecule has 7 nitrogen and oxygen atoms in total. The van der Waals surface area contributed by atoms with E-state index >= 15 is 0 Å². The molecule has 0 saturated carbocycles. The van der Waals surface area contributed by atoms with Crippen LogP contribution < -0.4 is 16.2 Å². The second kappa shape index (κ2) is 7.33. The van der Waals surface area contributed by atoms with Crippen LogP contribution in [-0.4, -0.2) is 28.5 Å². The van der Waals surface area contributed by atoms with Crippen molar-refractivity contribution in [3.05, 3.63) is 76.0 Å². The molecule has 148 valence electrons. The molecule has 0 radical (unpaired) electrons. The van der Waals surface area contributed by atoms with Crippen LogP contribution in [0.4, 0.5) is 0 Å². The van der Waals surface area contributed by atoms with Crippen molar-refractivity contribution in [2.24, 2.45) is 5.92 Å². The van der Waals surface area contributed by atoms with Crippen LogP contribution in [0.15, 0.2) is 57.9 Å². The van der Waals surface area contributed by atoms with Gasteiger partial charge in [-0.2, -0.15) is 0 Å². The third-order valence-corrected chi connectivity index (χ3v) is 5.76. The van der Waals surface area contributed by atoms with E-state index in [-0.39, 0.29) is 23.6 Å². The molecule has 2 N–H and O–H groups in total. The van der Waals surface area contributed by atoms with E-state index in [4.69, 9.17) is 4.42 Å². The smallest absolute Gasteiger partial charge is 0.263 e. The van der Waals surface area contributed by atoms with Gasteiger partial charge in [0.05, 0.1) is 12.2 Å². The van der Waals surface area contributed by atoms with Gasteiger partial charge in [0.2, 0.25) is 5.89 Å². The lowest BCUT2D eigenvalue weighted by atomic mass is 9.84. The predicted octanol–water partition coefficient (Wildman–Crippen LogP) is 2.14. The Kier molecular flexibility index (Phi) is 4.52. The molecule has 4 heterocycles. The zero-order chi connectivity index (χ0) is 19.8. The number of carbonyl (C=O) groups is 1. The Morgan fingerprint density at radius 2 is 2.07 bits per heavy atom. The molecule has 1 aromatic carbocycles. The summed E-state index contributed by atoms with van der Waals surface area (Å²) in [6.07, 6.45) is 2.63. The third-order valence-electron chi connectivity index (χ3n) is 5.76. The molecule has 2 bridgehead atoms. The summed E-state index contributed by atoms with van der Waals surface area (Å²) in [6.45, 7) is 2.68. The van der Waals surface area contributed by atoms with Gasteiger partial charge in [0.25, 0.3) is 11.5 Å². The maximum Gasteiger partial charge on any atom is 0.263 e. The second-order valence-electron chi connectivity index (χ2n) is 7.74. The van der Waals surface area contributed by atoms with Crippen LogP contribution >= 0.6 is 0 Å². The number of piperidine rings is 1. The van der Waals surface area contributed by atoms with E-state index in [0.29, 0.717) is 30.0 Å². The van der Waals surface area contributed by atoms with Crippen LogP contribution in [0.1, 0.15) is 34.1 Å². The molecule has 2 aliphatic rings. The second-order valence-corrected chi connectivity index (χ2v) is 7.74. The first kappa shape index (κ1) is 17.9. The first-order valence-electron chi connectivity index (χ1n) is 9.91. The quantitative estimate of drug-likeness (QED) is 0.713. The molecule has 2 aromatic heterocycles. The van der Waals surface area contributed by atoms with Crippen molar-refractivity contribution in [1.29, 1.82) is 0 Å². The fraction of sp³-hybridized carbons (Fsp3) is 0.318. The number of fused-ring (bicyclic) bond motifs is 4. The van der Waals surface area contributed by atoms with E-state index in [2.05, 4.69) is 15.6 Å². The minimum atomic E-state index is -0.386. The maximum absolute atomic E-state index is 12.9. The number of nitrogens with one attached hydrogen (secondary N) is 2. The normalized spacial score (nSPS) is 20.1. The number of pyridine rings is 1. The fourth-order valence-corrected chi connectivity index (χ4v) is 4.33. The molecule has 0 unspecified atom stereocenters. The highest BCUT2D eigenvalue weighted by Crippen LogP contribution is 2.31. The van der Waals surface area contributed by atoms with Crippen LogP contribution in [0.5, 0.6) is 0 Å².